The lowest BCUT2D eigenvalue weighted by atomic mass is 9.95. The van der Waals surface area contributed by atoms with Crippen molar-refractivity contribution < 1.29 is 14.3 Å². The van der Waals surface area contributed by atoms with Crippen LogP contribution in [0.4, 0.5) is 0 Å². The summed E-state index contributed by atoms with van der Waals surface area (Å²) in [6.07, 6.45) is 3.33. The fraction of sp³-hybridized carbons (Fsp3) is 0.353. The maximum atomic E-state index is 12.3. The van der Waals surface area contributed by atoms with Crippen molar-refractivity contribution in [2.75, 3.05) is 0 Å². The minimum absolute atomic E-state index is 0.174. The number of rotatable bonds is 3. The van der Waals surface area contributed by atoms with Crippen LogP contribution in [-0.4, -0.2) is 29.1 Å². The Bertz CT molecular complexity index is 709. The quantitative estimate of drug-likeness (QED) is 0.812. The molecule has 22 heavy (non-hydrogen) atoms. The summed E-state index contributed by atoms with van der Waals surface area (Å²) in [4.78, 5) is 12.3. The van der Waals surface area contributed by atoms with Crippen LogP contribution in [0.3, 0.4) is 0 Å². The van der Waals surface area contributed by atoms with Gasteiger partial charge in [0.05, 0.1) is 0 Å². The first-order valence-electron chi connectivity index (χ1n) is 7.65. The minimum Gasteiger partial charge on any atom is -0.508 e. The molecular formula is C17H18N2O3. The normalized spacial score (nSPS) is 26.3. The number of hydrogen-bond acceptors (Lipinski definition) is 4. The monoisotopic (exact) mass is 298 g/mol. The number of furan rings is 1. The molecule has 5 nitrogen and oxygen atoms in total. The zero-order valence-electron chi connectivity index (χ0n) is 12.1. The molecule has 0 radical (unpaired) electrons. The number of hydrogen-bond donors (Lipinski definition) is 3. The summed E-state index contributed by atoms with van der Waals surface area (Å²) in [5, 5.41) is 16.1. The van der Waals surface area contributed by atoms with Gasteiger partial charge < -0.3 is 20.2 Å². The molecule has 2 aromatic rings. The summed E-state index contributed by atoms with van der Waals surface area (Å²) in [5.74, 6) is 0.881. The van der Waals surface area contributed by atoms with E-state index in [4.69, 9.17) is 4.42 Å². The molecule has 0 spiro atoms. The average Bonchev–Trinajstić information content (AvgIpc) is 3.23. The summed E-state index contributed by atoms with van der Waals surface area (Å²) < 4.78 is 5.63. The van der Waals surface area contributed by atoms with Gasteiger partial charge in [-0.1, -0.05) is 12.1 Å². The molecule has 1 aromatic carbocycles. The van der Waals surface area contributed by atoms with Crippen molar-refractivity contribution in [2.24, 2.45) is 0 Å². The number of benzene rings is 1. The van der Waals surface area contributed by atoms with Gasteiger partial charge in [0.25, 0.3) is 5.91 Å². The summed E-state index contributed by atoms with van der Waals surface area (Å²) in [6, 6.07) is 11.4. The molecular weight excluding hydrogens is 280 g/mol. The van der Waals surface area contributed by atoms with Crippen molar-refractivity contribution in [1.29, 1.82) is 0 Å². The summed E-state index contributed by atoms with van der Waals surface area (Å²) in [5.41, 5.74) is 0.751. The van der Waals surface area contributed by atoms with Crippen molar-refractivity contribution >= 4 is 5.91 Å². The number of amides is 1. The molecule has 0 aliphatic carbocycles. The van der Waals surface area contributed by atoms with Crippen LogP contribution in [0.5, 0.6) is 5.75 Å². The van der Waals surface area contributed by atoms with Crippen molar-refractivity contribution in [3.63, 3.8) is 0 Å². The Morgan fingerprint density at radius 1 is 1.27 bits per heavy atom. The number of phenols is 1. The van der Waals surface area contributed by atoms with Crippen LogP contribution in [0.1, 0.15) is 29.8 Å². The Morgan fingerprint density at radius 2 is 2.18 bits per heavy atom. The van der Waals surface area contributed by atoms with E-state index in [0.29, 0.717) is 23.6 Å². The number of phenolic OH excluding ortho intramolecular Hbond substituents is 1. The molecule has 0 unspecified atom stereocenters. The Hall–Kier alpha value is -2.27. The van der Waals surface area contributed by atoms with Gasteiger partial charge in [0, 0.05) is 23.7 Å². The highest BCUT2D eigenvalue weighted by Gasteiger charge is 2.39. The predicted molar refractivity (Wildman–Crippen MR) is 81.6 cm³/mol. The van der Waals surface area contributed by atoms with E-state index in [1.54, 1.807) is 30.3 Å². The zero-order chi connectivity index (χ0) is 15.1. The summed E-state index contributed by atoms with van der Waals surface area (Å²) in [6.45, 7) is 0. The molecule has 2 saturated heterocycles. The molecule has 2 aliphatic rings. The first-order valence-corrected chi connectivity index (χ1v) is 7.65. The molecule has 0 saturated carbocycles. The van der Waals surface area contributed by atoms with Crippen molar-refractivity contribution in [3.8, 4) is 17.1 Å². The molecule has 114 valence electrons. The maximum absolute atomic E-state index is 12.3. The molecule has 2 fully saturated rings. The second-order valence-corrected chi connectivity index (χ2v) is 6.08. The van der Waals surface area contributed by atoms with Gasteiger partial charge in [-0.05, 0) is 43.5 Å². The van der Waals surface area contributed by atoms with Gasteiger partial charge in [-0.2, -0.15) is 0 Å². The predicted octanol–water partition coefficient (Wildman–Crippen LogP) is 2.27. The van der Waals surface area contributed by atoms with Gasteiger partial charge in [0.15, 0.2) is 5.76 Å². The molecule has 1 aromatic heterocycles. The molecule has 3 atom stereocenters. The number of carbonyl (C=O) groups is 1. The van der Waals surface area contributed by atoms with Crippen LogP contribution >= 0.6 is 0 Å². The Labute approximate surface area is 128 Å². The average molecular weight is 298 g/mol. The lowest BCUT2D eigenvalue weighted by molar-refractivity contribution is 0.0903. The molecule has 3 N–H and O–H groups in total. The van der Waals surface area contributed by atoms with E-state index in [1.807, 2.05) is 6.07 Å². The molecule has 4 rings (SSSR count). The van der Waals surface area contributed by atoms with E-state index in [0.717, 1.165) is 18.4 Å². The van der Waals surface area contributed by atoms with Crippen LogP contribution in [0.15, 0.2) is 40.8 Å². The SMILES string of the molecule is O=C(N[C@@H]1C[C@H]2CC[C@@H]1N2)c1ccc(-c2cccc(O)c2)o1. The first kappa shape index (κ1) is 13.4. The fourth-order valence-electron chi connectivity index (χ4n) is 3.50. The topological polar surface area (TPSA) is 74.5 Å². The highest BCUT2D eigenvalue weighted by Crippen LogP contribution is 2.29. The van der Waals surface area contributed by atoms with Crippen LogP contribution < -0.4 is 10.6 Å². The highest BCUT2D eigenvalue weighted by atomic mass is 16.4. The Morgan fingerprint density at radius 3 is 2.91 bits per heavy atom. The van der Waals surface area contributed by atoms with Gasteiger partial charge in [0.2, 0.25) is 0 Å². The smallest absolute Gasteiger partial charge is 0.287 e. The van der Waals surface area contributed by atoms with Crippen molar-refractivity contribution in [1.82, 2.24) is 10.6 Å². The van der Waals surface area contributed by atoms with Gasteiger partial charge in [-0.3, -0.25) is 4.79 Å². The van der Waals surface area contributed by atoms with E-state index < -0.39 is 0 Å². The number of nitrogens with one attached hydrogen (secondary N) is 2. The van der Waals surface area contributed by atoms with E-state index in [1.165, 1.54) is 6.42 Å². The van der Waals surface area contributed by atoms with Crippen molar-refractivity contribution in [2.45, 2.75) is 37.4 Å². The second-order valence-electron chi connectivity index (χ2n) is 6.08. The van der Waals surface area contributed by atoms with E-state index in [2.05, 4.69) is 10.6 Å². The van der Waals surface area contributed by atoms with Crippen LogP contribution in [0.2, 0.25) is 0 Å². The number of fused-ring (bicyclic) bond motifs is 2. The largest absolute Gasteiger partial charge is 0.508 e. The Balaban J connectivity index is 1.48. The van der Waals surface area contributed by atoms with Crippen LogP contribution in [0, 0.1) is 0 Å². The minimum atomic E-state index is -0.175. The summed E-state index contributed by atoms with van der Waals surface area (Å²) >= 11 is 0. The van der Waals surface area contributed by atoms with Crippen LogP contribution in [-0.2, 0) is 0 Å². The fourth-order valence-corrected chi connectivity index (χ4v) is 3.50. The molecule has 3 heterocycles. The molecule has 5 heteroatoms. The van der Waals surface area contributed by atoms with Gasteiger partial charge in [-0.15, -0.1) is 0 Å². The first-order chi connectivity index (χ1) is 10.7. The van der Waals surface area contributed by atoms with E-state index >= 15 is 0 Å². The number of carbonyl (C=O) groups excluding carboxylic acids is 1. The number of aromatic hydroxyl groups is 1. The highest BCUT2D eigenvalue weighted by molar-refractivity contribution is 5.92. The van der Waals surface area contributed by atoms with Gasteiger partial charge in [0.1, 0.15) is 11.5 Å². The van der Waals surface area contributed by atoms with Crippen LogP contribution in [0.25, 0.3) is 11.3 Å². The molecule has 2 bridgehead atoms. The van der Waals surface area contributed by atoms with E-state index in [9.17, 15) is 9.90 Å². The second kappa shape index (κ2) is 5.18. The van der Waals surface area contributed by atoms with Crippen molar-refractivity contribution in [3.05, 3.63) is 42.2 Å². The zero-order valence-corrected chi connectivity index (χ0v) is 12.1. The van der Waals surface area contributed by atoms with Gasteiger partial charge in [-0.25, -0.2) is 0 Å². The maximum Gasteiger partial charge on any atom is 0.287 e. The standard InChI is InChI=1S/C17H18N2O3/c20-12-3-1-2-10(8-12)15-6-7-16(22-15)17(21)19-14-9-11-4-5-13(14)18-11/h1-3,6-8,11,13-14,18,20H,4-5,9H2,(H,19,21)/t11-,13+,14-/m1/s1. The third-order valence-electron chi connectivity index (χ3n) is 4.58. The third kappa shape index (κ3) is 2.37. The Kier molecular flexibility index (Phi) is 3.15. The summed E-state index contributed by atoms with van der Waals surface area (Å²) in [7, 11) is 0. The lowest BCUT2D eigenvalue weighted by Crippen LogP contribution is -2.42. The third-order valence-corrected chi connectivity index (χ3v) is 4.58. The van der Waals surface area contributed by atoms with E-state index in [-0.39, 0.29) is 17.7 Å². The lowest BCUT2D eigenvalue weighted by Gasteiger charge is -2.20. The molecule has 2 aliphatic heterocycles. The van der Waals surface area contributed by atoms with Gasteiger partial charge >= 0.3 is 0 Å². The molecule has 1 amide bonds.